The predicted octanol–water partition coefficient (Wildman–Crippen LogP) is 1.94. The van der Waals surface area contributed by atoms with Gasteiger partial charge < -0.3 is 14.5 Å². The molecule has 1 aromatic heterocycles. The first kappa shape index (κ1) is 15.9. The maximum atomic E-state index is 12.1. The molecule has 0 aliphatic carbocycles. The summed E-state index contributed by atoms with van der Waals surface area (Å²) in [6, 6.07) is 0. The molecule has 110 valence electrons. The number of ketones is 1. The Morgan fingerprint density at radius 2 is 1.60 bits per heavy atom. The third-order valence-corrected chi connectivity index (χ3v) is 2.79. The van der Waals surface area contributed by atoms with E-state index in [9.17, 15) is 14.4 Å². The molecule has 1 aromatic rings. The zero-order valence-corrected chi connectivity index (χ0v) is 12.2. The van der Waals surface area contributed by atoms with Gasteiger partial charge >= 0.3 is 11.9 Å². The van der Waals surface area contributed by atoms with Crippen molar-refractivity contribution in [2.75, 3.05) is 13.2 Å². The fraction of sp³-hybridized carbons (Fsp3) is 0.500. The van der Waals surface area contributed by atoms with E-state index in [1.54, 1.807) is 27.7 Å². The molecule has 0 aliphatic rings. The summed E-state index contributed by atoms with van der Waals surface area (Å²) in [6.07, 6.45) is 0.198. The molecular weight excluding hydrogens is 262 g/mol. The number of aromatic amines is 1. The monoisotopic (exact) mass is 281 g/mol. The number of rotatable bonds is 6. The van der Waals surface area contributed by atoms with Crippen LogP contribution in [0.1, 0.15) is 52.4 Å². The molecule has 0 radical (unpaired) electrons. The van der Waals surface area contributed by atoms with Crippen molar-refractivity contribution >= 4 is 17.7 Å². The first-order valence-corrected chi connectivity index (χ1v) is 6.47. The molecule has 0 amide bonds. The molecule has 0 spiro atoms. The number of esters is 2. The molecule has 6 heteroatoms. The SMILES string of the molecule is CCOC(=O)c1c(C)[nH]c(C)c1C(=O)COC(=O)CC. The van der Waals surface area contributed by atoms with E-state index in [2.05, 4.69) is 4.98 Å². The second-order valence-corrected chi connectivity index (χ2v) is 4.28. The highest BCUT2D eigenvalue weighted by molar-refractivity contribution is 6.09. The maximum absolute atomic E-state index is 12.1. The second kappa shape index (κ2) is 6.88. The van der Waals surface area contributed by atoms with Gasteiger partial charge in [-0.2, -0.15) is 0 Å². The largest absolute Gasteiger partial charge is 0.462 e. The topological polar surface area (TPSA) is 85.5 Å². The van der Waals surface area contributed by atoms with Crippen LogP contribution in [0.4, 0.5) is 0 Å². The van der Waals surface area contributed by atoms with Crippen molar-refractivity contribution in [3.05, 3.63) is 22.5 Å². The quantitative estimate of drug-likeness (QED) is 0.636. The van der Waals surface area contributed by atoms with Crippen LogP contribution >= 0.6 is 0 Å². The second-order valence-electron chi connectivity index (χ2n) is 4.28. The molecule has 0 saturated carbocycles. The Hall–Kier alpha value is -2.11. The molecule has 0 bridgehead atoms. The third kappa shape index (κ3) is 3.46. The molecular formula is C14H19NO5. The van der Waals surface area contributed by atoms with Crippen LogP contribution in [0.3, 0.4) is 0 Å². The standard InChI is InChI=1S/C14H19NO5/c1-5-11(17)20-7-10(16)12-8(3)15-9(4)13(12)14(18)19-6-2/h15H,5-7H2,1-4H3. The van der Waals surface area contributed by atoms with Crippen molar-refractivity contribution < 1.29 is 23.9 Å². The third-order valence-electron chi connectivity index (χ3n) is 2.79. The molecule has 20 heavy (non-hydrogen) atoms. The minimum atomic E-state index is -0.556. The zero-order chi connectivity index (χ0) is 15.3. The molecule has 1 heterocycles. The minimum absolute atomic E-state index is 0.198. The molecule has 0 fully saturated rings. The molecule has 1 N–H and O–H groups in total. The van der Waals surface area contributed by atoms with Gasteiger partial charge in [-0.15, -0.1) is 0 Å². The van der Waals surface area contributed by atoms with Crippen LogP contribution in [-0.2, 0) is 14.3 Å². The van der Waals surface area contributed by atoms with E-state index in [0.29, 0.717) is 11.4 Å². The summed E-state index contributed by atoms with van der Waals surface area (Å²) in [4.78, 5) is 38.0. The van der Waals surface area contributed by atoms with Crippen LogP contribution in [0.5, 0.6) is 0 Å². The summed E-state index contributed by atoms with van der Waals surface area (Å²) in [7, 11) is 0. The summed E-state index contributed by atoms with van der Waals surface area (Å²) in [5.74, 6) is -1.43. The van der Waals surface area contributed by atoms with Crippen LogP contribution in [0.2, 0.25) is 0 Å². The summed E-state index contributed by atoms with van der Waals surface area (Å²) in [5.41, 5.74) is 1.56. The van der Waals surface area contributed by atoms with Crippen LogP contribution in [0, 0.1) is 13.8 Å². The minimum Gasteiger partial charge on any atom is -0.462 e. The van der Waals surface area contributed by atoms with Gasteiger partial charge in [-0.3, -0.25) is 9.59 Å². The Morgan fingerprint density at radius 3 is 2.15 bits per heavy atom. The van der Waals surface area contributed by atoms with Crippen molar-refractivity contribution in [1.82, 2.24) is 4.98 Å². The van der Waals surface area contributed by atoms with E-state index < -0.39 is 17.7 Å². The van der Waals surface area contributed by atoms with Gasteiger partial charge in [0.15, 0.2) is 6.61 Å². The van der Waals surface area contributed by atoms with Crippen molar-refractivity contribution in [1.29, 1.82) is 0 Å². The highest BCUT2D eigenvalue weighted by Gasteiger charge is 2.25. The Kier molecular flexibility index (Phi) is 5.49. The van der Waals surface area contributed by atoms with Gasteiger partial charge in [0.2, 0.25) is 5.78 Å². The number of nitrogens with one attached hydrogen (secondary N) is 1. The molecule has 0 unspecified atom stereocenters. The Labute approximate surface area is 117 Å². The first-order valence-electron chi connectivity index (χ1n) is 6.47. The number of aryl methyl sites for hydroxylation is 2. The van der Waals surface area contributed by atoms with E-state index in [0.717, 1.165) is 0 Å². The number of aromatic nitrogens is 1. The number of hydrogen-bond donors (Lipinski definition) is 1. The van der Waals surface area contributed by atoms with E-state index in [-0.39, 0.29) is 30.8 Å². The lowest BCUT2D eigenvalue weighted by Crippen LogP contribution is -2.17. The lowest BCUT2D eigenvalue weighted by Gasteiger charge is -2.06. The Bertz CT molecular complexity index is 530. The van der Waals surface area contributed by atoms with Crippen molar-refractivity contribution in [3.63, 3.8) is 0 Å². The average molecular weight is 281 g/mol. The van der Waals surface area contributed by atoms with Crippen LogP contribution in [0.15, 0.2) is 0 Å². The predicted molar refractivity (Wildman–Crippen MR) is 71.8 cm³/mol. The number of H-pyrrole nitrogens is 1. The summed E-state index contributed by atoms with van der Waals surface area (Å²) in [5, 5.41) is 0. The molecule has 0 aliphatic heterocycles. The van der Waals surface area contributed by atoms with E-state index in [1.165, 1.54) is 0 Å². The smallest absolute Gasteiger partial charge is 0.340 e. The lowest BCUT2D eigenvalue weighted by atomic mass is 10.1. The van der Waals surface area contributed by atoms with Gasteiger partial charge in [0.1, 0.15) is 0 Å². The van der Waals surface area contributed by atoms with E-state index in [4.69, 9.17) is 9.47 Å². The van der Waals surface area contributed by atoms with Crippen molar-refractivity contribution in [2.24, 2.45) is 0 Å². The average Bonchev–Trinajstić information content (AvgIpc) is 2.70. The molecule has 1 rings (SSSR count). The normalized spacial score (nSPS) is 10.2. The van der Waals surface area contributed by atoms with Gasteiger partial charge in [0.05, 0.1) is 17.7 Å². The van der Waals surface area contributed by atoms with Crippen LogP contribution in [0.25, 0.3) is 0 Å². The fourth-order valence-corrected chi connectivity index (χ4v) is 1.91. The van der Waals surface area contributed by atoms with E-state index in [1.807, 2.05) is 0 Å². The highest BCUT2D eigenvalue weighted by atomic mass is 16.5. The fourth-order valence-electron chi connectivity index (χ4n) is 1.91. The van der Waals surface area contributed by atoms with Gasteiger partial charge in [-0.05, 0) is 20.8 Å². The van der Waals surface area contributed by atoms with Crippen molar-refractivity contribution in [2.45, 2.75) is 34.1 Å². The van der Waals surface area contributed by atoms with Gasteiger partial charge in [0, 0.05) is 17.8 Å². The van der Waals surface area contributed by atoms with Crippen LogP contribution in [-0.4, -0.2) is 35.9 Å². The summed E-state index contributed by atoms with van der Waals surface area (Å²) >= 11 is 0. The molecule has 0 aromatic carbocycles. The summed E-state index contributed by atoms with van der Waals surface area (Å²) < 4.78 is 9.75. The Morgan fingerprint density at radius 1 is 1.00 bits per heavy atom. The Balaban J connectivity index is 3.01. The van der Waals surface area contributed by atoms with E-state index >= 15 is 0 Å². The van der Waals surface area contributed by atoms with Gasteiger partial charge in [-0.1, -0.05) is 6.92 Å². The lowest BCUT2D eigenvalue weighted by molar-refractivity contribution is -0.142. The first-order chi connectivity index (χ1) is 9.42. The molecule has 0 saturated heterocycles. The molecule has 6 nitrogen and oxygen atoms in total. The highest BCUT2D eigenvalue weighted by Crippen LogP contribution is 2.20. The van der Waals surface area contributed by atoms with Crippen LogP contribution < -0.4 is 0 Å². The molecule has 0 atom stereocenters. The van der Waals surface area contributed by atoms with Crippen molar-refractivity contribution in [3.8, 4) is 0 Å². The zero-order valence-electron chi connectivity index (χ0n) is 12.2. The van der Waals surface area contributed by atoms with Gasteiger partial charge in [0.25, 0.3) is 0 Å². The number of ether oxygens (including phenoxy) is 2. The number of hydrogen-bond acceptors (Lipinski definition) is 5. The number of carbonyl (C=O) groups is 3. The number of Topliss-reactive ketones (excluding diaryl/α,β-unsaturated/α-hetero) is 1. The van der Waals surface area contributed by atoms with Gasteiger partial charge in [-0.25, -0.2) is 4.79 Å². The number of carbonyl (C=O) groups excluding carboxylic acids is 3. The maximum Gasteiger partial charge on any atom is 0.340 e. The summed E-state index contributed by atoms with van der Waals surface area (Å²) in [6.45, 7) is 6.55.